The lowest BCUT2D eigenvalue weighted by molar-refractivity contribution is 0.0698. The zero-order valence-electron chi connectivity index (χ0n) is 18.4. The van der Waals surface area contributed by atoms with Crippen LogP contribution in [0.1, 0.15) is 79.0 Å². The van der Waals surface area contributed by atoms with Gasteiger partial charge in [-0.05, 0) is 60.9 Å². The van der Waals surface area contributed by atoms with Crippen molar-refractivity contribution in [2.75, 3.05) is 0 Å². The summed E-state index contributed by atoms with van der Waals surface area (Å²) < 4.78 is 15.7. The molecule has 1 aliphatic carbocycles. The van der Waals surface area contributed by atoms with Crippen LogP contribution >= 0.6 is 0 Å². The summed E-state index contributed by atoms with van der Waals surface area (Å²) in [6, 6.07) is 12.2. The molecular formula is C27H32FNO2. The number of aromatic nitrogens is 1. The van der Waals surface area contributed by atoms with Gasteiger partial charge in [0.1, 0.15) is 5.82 Å². The Hall–Kier alpha value is -2.62. The third kappa shape index (κ3) is 4.68. The van der Waals surface area contributed by atoms with E-state index in [0.29, 0.717) is 18.0 Å². The van der Waals surface area contributed by atoms with Gasteiger partial charge < -0.3 is 9.67 Å². The highest BCUT2D eigenvalue weighted by atomic mass is 19.1. The summed E-state index contributed by atoms with van der Waals surface area (Å²) >= 11 is 0. The quantitative estimate of drug-likeness (QED) is 0.314. The fourth-order valence-electron chi connectivity index (χ4n) is 5.21. The second-order valence-corrected chi connectivity index (χ2v) is 8.96. The molecule has 4 rings (SSSR count). The largest absolute Gasteiger partial charge is 0.478 e. The van der Waals surface area contributed by atoms with Crippen LogP contribution in [0.5, 0.6) is 0 Å². The Kier molecular flexibility index (Phi) is 6.74. The Bertz CT molecular complexity index is 1050. The molecule has 2 aromatic carbocycles. The maximum atomic E-state index is 13.5. The molecule has 0 spiro atoms. The van der Waals surface area contributed by atoms with Crippen molar-refractivity contribution in [3.05, 3.63) is 70.7 Å². The van der Waals surface area contributed by atoms with Crippen molar-refractivity contribution in [1.29, 1.82) is 0 Å². The van der Waals surface area contributed by atoms with Gasteiger partial charge in [0.2, 0.25) is 0 Å². The number of unbranched alkanes of at least 4 members (excludes halogenated alkanes) is 3. The molecule has 0 saturated carbocycles. The highest BCUT2D eigenvalue weighted by Crippen LogP contribution is 2.37. The van der Waals surface area contributed by atoms with Crippen molar-refractivity contribution in [3.63, 3.8) is 0 Å². The summed E-state index contributed by atoms with van der Waals surface area (Å²) in [7, 11) is 0. The molecule has 0 bridgehead atoms. The van der Waals surface area contributed by atoms with E-state index in [4.69, 9.17) is 0 Å². The number of carboxylic acid groups (broad SMARTS) is 1. The van der Waals surface area contributed by atoms with E-state index < -0.39 is 5.97 Å². The predicted molar refractivity (Wildman–Crippen MR) is 123 cm³/mol. The van der Waals surface area contributed by atoms with Crippen LogP contribution < -0.4 is 0 Å². The molecule has 164 valence electrons. The van der Waals surface area contributed by atoms with E-state index in [1.54, 1.807) is 18.2 Å². The molecule has 0 aliphatic heterocycles. The lowest BCUT2D eigenvalue weighted by atomic mass is 9.93. The van der Waals surface area contributed by atoms with Gasteiger partial charge >= 0.3 is 5.97 Å². The summed E-state index contributed by atoms with van der Waals surface area (Å²) in [4.78, 5) is 12.0. The van der Waals surface area contributed by atoms with Crippen LogP contribution in [0.15, 0.2) is 42.5 Å². The van der Waals surface area contributed by atoms with E-state index in [2.05, 4.69) is 17.6 Å². The van der Waals surface area contributed by atoms with Crippen molar-refractivity contribution in [3.8, 4) is 0 Å². The molecule has 3 nitrogen and oxygen atoms in total. The highest BCUT2D eigenvalue weighted by Gasteiger charge is 2.26. The molecule has 0 amide bonds. The maximum absolute atomic E-state index is 13.5. The SMILES string of the molecule is CCCCCCC1CCCc2c(n(Cc3ccc(F)cc3)c3c(C(=O)O)cccc23)C1. The molecular weight excluding hydrogens is 389 g/mol. The van der Waals surface area contributed by atoms with Crippen molar-refractivity contribution in [2.24, 2.45) is 5.92 Å². The normalized spacial score (nSPS) is 16.3. The first-order valence-corrected chi connectivity index (χ1v) is 11.7. The molecule has 1 aliphatic rings. The van der Waals surface area contributed by atoms with Gasteiger partial charge in [0.05, 0.1) is 11.1 Å². The number of nitrogens with zero attached hydrogens (tertiary/aromatic N) is 1. The minimum absolute atomic E-state index is 0.252. The minimum atomic E-state index is -0.894. The molecule has 1 N–H and O–H groups in total. The van der Waals surface area contributed by atoms with E-state index >= 15 is 0 Å². The molecule has 1 heterocycles. The topological polar surface area (TPSA) is 42.2 Å². The molecule has 1 unspecified atom stereocenters. The Morgan fingerprint density at radius 3 is 2.68 bits per heavy atom. The van der Waals surface area contributed by atoms with Crippen molar-refractivity contribution in [2.45, 2.75) is 71.3 Å². The van der Waals surface area contributed by atoms with Crippen LogP contribution in [-0.4, -0.2) is 15.6 Å². The van der Waals surface area contributed by atoms with Gasteiger partial charge in [-0.2, -0.15) is 0 Å². The smallest absolute Gasteiger partial charge is 0.337 e. The third-order valence-corrected chi connectivity index (χ3v) is 6.78. The van der Waals surface area contributed by atoms with Gasteiger partial charge in [0.25, 0.3) is 0 Å². The number of carbonyl (C=O) groups is 1. The molecule has 0 saturated heterocycles. The van der Waals surface area contributed by atoms with Gasteiger partial charge in [-0.25, -0.2) is 9.18 Å². The summed E-state index contributed by atoms with van der Waals surface area (Å²) in [5.74, 6) is -0.504. The first-order valence-electron chi connectivity index (χ1n) is 11.7. The lowest BCUT2D eigenvalue weighted by Crippen LogP contribution is -2.12. The van der Waals surface area contributed by atoms with Crippen LogP contribution in [0.25, 0.3) is 10.9 Å². The molecule has 31 heavy (non-hydrogen) atoms. The van der Waals surface area contributed by atoms with Crippen LogP contribution in [-0.2, 0) is 19.4 Å². The van der Waals surface area contributed by atoms with Gasteiger partial charge in [0, 0.05) is 17.6 Å². The number of hydrogen-bond acceptors (Lipinski definition) is 1. The van der Waals surface area contributed by atoms with Crippen LogP contribution in [0.2, 0.25) is 0 Å². The maximum Gasteiger partial charge on any atom is 0.337 e. The van der Waals surface area contributed by atoms with E-state index in [1.807, 2.05) is 6.07 Å². The van der Waals surface area contributed by atoms with Crippen molar-refractivity contribution < 1.29 is 14.3 Å². The summed E-state index contributed by atoms with van der Waals surface area (Å²) in [5.41, 5.74) is 4.76. The monoisotopic (exact) mass is 421 g/mol. The number of rotatable bonds is 8. The average Bonchev–Trinajstić information content (AvgIpc) is 2.91. The van der Waals surface area contributed by atoms with Gasteiger partial charge in [-0.3, -0.25) is 0 Å². The Morgan fingerprint density at radius 2 is 1.94 bits per heavy atom. The van der Waals surface area contributed by atoms with E-state index in [1.165, 1.54) is 61.9 Å². The Morgan fingerprint density at radius 1 is 1.13 bits per heavy atom. The fraction of sp³-hybridized carbons (Fsp3) is 0.444. The molecule has 1 aromatic heterocycles. The number of carboxylic acids is 1. The molecule has 3 aromatic rings. The fourth-order valence-corrected chi connectivity index (χ4v) is 5.21. The molecule has 4 heteroatoms. The number of hydrogen-bond donors (Lipinski definition) is 1. The number of fused-ring (bicyclic) bond motifs is 3. The van der Waals surface area contributed by atoms with Crippen LogP contribution in [0, 0.1) is 11.7 Å². The lowest BCUT2D eigenvalue weighted by Gasteiger charge is -2.18. The molecule has 0 fully saturated rings. The second kappa shape index (κ2) is 9.67. The van der Waals surface area contributed by atoms with E-state index in [-0.39, 0.29) is 5.82 Å². The van der Waals surface area contributed by atoms with E-state index in [9.17, 15) is 14.3 Å². The molecule has 1 atom stereocenters. The summed E-state index contributed by atoms with van der Waals surface area (Å²) in [6.45, 7) is 2.81. The number of benzene rings is 2. The van der Waals surface area contributed by atoms with Crippen molar-refractivity contribution >= 4 is 16.9 Å². The Labute approximate surface area is 183 Å². The van der Waals surface area contributed by atoms with Crippen LogP contribution in [0.3, 0.4) is 0 Å². The predicted octanol–water partition coefficient (Wildman–Crippen LogP) is 6.99. The van der Waals surface area contributed by atoms with E-state index in [0.717, 1.165) is 35.7 Å². The summed E-state index contributed by atoms with van der Waals surface area (Å²) in [5, 5.41) is 11.0. The zero-order valence-corrected chi connectivity index (χ0v) is 18.4. The first kappa shape index (κ1) is 21.6. The third-order valence-electron chi connectivity index (χ3n) is 6.78. The van der Waals surface area contributed by atoms with Gasteiger partial charge in [-0.15, -0.1) is 0 Å². The zero-order chi connectivity index (χ0) is 21.8. The minimum Gasteiger partial charge on any atom is -0.478 e. The van der Waals surface area contributed by atoms with Crippen LogP contribution in [0.4, 0.5) is 4.39 Å². The Balaban J connectivity index is 1.76. The number of aromatic carboxylic acids is 1. The average molecular weight is 422 g/mol. The second-order valence-electron chi connectivity index (χ2n) is 8.96. The number of para-hydroxylation sites is 1. The standard InChI is InChI=1S/C27H32FNO2/c1-2-3-4-5-8-19-9-6-10-22-23-11-7-12-24(27(30)31)26(23)29(25(22)17-19)18-20-13-15-21(28)16-14-20/h7,11-16,19H,2-6,8-10,17-18H2,1H3,(H,30,31). The number of halogens is 1. The van der Waals surface area contributed by atoms with Gasteiger partial charge in [-0.1, -0.05) is 63.3 Å². The number of aryl methyl sites for hydroxylation is 1. The first-order chi connectivity index (χ1) is 15.1. The van der Waals surface area contributed by atoms with Gasteiger partial charge in [0.15, 0.2) is 0 Å². The highest BCUT2D eigenvalue weighted by molar-refractivity contribution is 6.04. The molecule has 0 radical (unpaired) electrons. The summed E-state index contributed by atoms with van der Waals surface area (Å²) in [6.07, 6.45) is 10.7. The van der Waals surface area contributed by atoms with Crippen molar-refractivity contribution in [1.82, 2.24) is 4.57 Å².